The van der Waals surface area contributed by atoms with Crippen LogP contribution in [0.2, 0.25) is 0 Å². The van der Waals surface area contributed by atoms with Crippen LogP contribution in [0.25, 0.3) is 0 Å². The minimum absolute atomic E-state index is 0.0591. The largest absolute Gasteiger partial charge is 0.441 e. The van der Waals surface area contributed by atoms with E-state index < -0.39 is 5.51 Å². The van der Waals surface area contributed by atoms with Crippen LogP contribution < -0.4 is 5.32 Å². The predicted molar refractivity (Wildman–Crippen MR) is 87.7 cm³/mol. The van der Waals surface area contributed by atoms with Crippen molar-refractivity contribution in [2.75, 3.05) is 18.8 Å². The van der Waals surface area contributed by atoms with Crippen molar-refractivity contribution >= 4 is 27.7 Å². The maximum atomic E-state index is 12.3. The fourth-order valence-electron chi connectivity index (χ4n) is 2.04. The Balaban J connectivity index is 2.64. The first-order chi connectivity index (χ1) is 9.79. The third-order valence-corrected chi connectivity index (χ3v) is 4.51. The Bertz CT molecular complexity index is 424. The van der Waals surface area contributed by atoms with E-state index in [9.17, 15) is 13.2 Å². The number of alkyl halides is 3. The quantitative estimate of drug-likeness (QED) is 0.642. The Morgan fingerprint density at radius 3 is 2.43 bits per heavy atom. The second-order valence-electron chi connectivity index (χ2n) is 5.35. The first-order valence-corrected chi connectivity index (χ1v) is 8.73. The normalized spacial score (nSPS) is 13.7. The summed E-state index contributed by atoms with van der Waals surface area (Å²) in [4.78, 5) is 0. The summed E-state index contributed by atoms with van der Waals surface area (Å²) in [5.74, 6) is 0.683. The van der Waals surface area contributed by atoms with Gasteiger partial charge in [-0.3, -0.25) is 0 Å². The number of hydrogen-bond acceptors (Lipinski definition) is 2. The van der Waals surface area contributed by atoms with E-state index in [0.717, 1.165) is 16.6 Å². The molecule has 0 spiro atoms. The molecule has 1 nitrogen and oxygen atoms in total. The summed E-state index contributed by atoms with van der Waals surface area (Å²) in [7, 11) is 0. The van der Waals surface area contributed by atoms with Gasteiger partial charge in [0.15, 0.2) is 0 Å². The van der Waals surface area contributed by atoms with Gasteiger partial charge in [0.2, 0.25) is 0 Å². The van der Waals surface area contributed by atoms with E-state index in [4.69, 9.17) is 0 Å². The van der Waals surface area contributed by atoms with Crippen LogP contribution in [-0.4, -0.2) is 24.4 Å². The minimum Gasteiger partial charge on any atom is -0.316 e. The number of benzene rings is 1. The van der Waals surface area contributed by atoms with Gasteiger partial charge in [0, 0.05) is 16.8 Å². The summed E-state index contributed by atoms with van der Waals surface area (Å²) in [6, 6.07) is 7.74. The maximum absolute atomic E-state index is 12.3. The molecule has 1 N–H and O–H groups in total. The number of thioether (sulfide) groups is 1. The number of nitrogens with one attached hydrogen (secondary N) is 1. The number of hydrogen-bond donors (Lipinski definition) is 1. The van der Waals surface area contributed by atoms with Gasteiger partial charge in [0.25, 0.3) is 0 Å². The first-order valence-electron chi connectivity index (χ1n) is 6.95. The third kappa shape index (κ3) is 8.12. The van der Waals surface area contributed by atoms with Gasteiger partial charge in [-0.25, -0.2) is 0 Å². The van der Waals surface area contributed by atoms with Crippen molar-refractivity contribution in [3.05, 3.63) is 34.3 Å². The molecule has 0 bridgehead atoms. The standard InChI is InChI=1S/C15H21BrF3NS/c1-11(2)9-20-10-12(7-8-21-15(17,18)19)13-5-3-4-6-14(13)16/h3-6,11-12,20H,7-10H2,1-2H3. The molecule has 120 valence electrons. The molecule has 1 rings (SSSR count). The van der Waals surface area contributed by atoms with Gasteiger partial charge in [-0.1, -0.05) is 59.7 Å². The van der Waals surface area contributed by atoms with Gasteiger partial charge in [-0.15, -0.1) is 0 Å². The third-order valence-electron chi connectivity index (χ3n) is 3.02. The van der Waals surface area contributed by atoms with Crippen molar-refractivity contribution in [1.82, 2.24) is 5.32 Å². The van der Waals surface area contributed by atoms with Crippen LogP contribution >= 0.6 is 27.7 Å². The molecule has 1 atom stereocenters. The lowest BCUT2D eigenvalue weighted by atomic mass is 9.96. The zero-order chi connectivity index (χ0) is 15.9. The van der Waals surface area contributed by atoms with Gasteiger partial charge in [-0.2, -0.15) is 13.2 Å². The molecular formula is C15H21BrF3NS. The Kier molecular flexibility index (Phi) is 8.13. The van der Waals surface area contributed by atoms with Crippen LogP contribution in [0.3, 0.4) is 0 Å². The van der Waals surface area contributed by atoms with Crippen molar-refractivity contribution in [2.45, 2.75) is 31.7 Å². The maximum Gasteiger partial charge on any atom is 0.441 e. The lowest BCUT2D eigenvalue weighted by molar-refractivity contribution is -0.0328. The zero-order valence-corrected chi connectivity index (χ0v) is 14.6. The van der Waals surface area contributed by atoms with E-state index in [0.29, 0.717) is 18.9 Å². The molecule has 0 saturated carbocycles. The lowest BCUT2D eigenvalue weighted by Crippen LogP contribution is -2.26. The van der Waals surface area contributed by atoms with Crippen LogP contribution in [0.1, 0.15) is 31.7 Å². The van der Waals surface area contributed by atoms with Crippen LogP contribution in [0.15, 0.2) is 28.7 Å². The molecule has 0 heterocycles. The molecule has 0 saturated heterocycles. The highest BCUT2D eigenvalue weighted by molar-refractivity contribution is 9.10. The Labute approximate surface area is 137 Å². The monoisotopic (exact) mass is 383 g/mol. The fourth-order valence-corrected chi connectivity index (χ4v) is 3.28. The van der Waals surface area contributed by atoms with Crippen molar-refractivity contribution in [3.63, 3.8) is 0 Å². The molecule has 1 unspecified atom stereocenters. The lowest BCUT2D eigenvalue weighted by Gasteiger charge is -2.20. The van der Waals surface area contributed by atoms with Crippen LogP contribution in [0, 0.1) is 5.92 Å². The Morgan fingerprint density at radius 1 is 1.19 bits per heavy atom. The first kappa shape index (κ1) is 18.8. The average Bonchev–Trinajstić information content (AvgIpc) is 2.36. The van der Waals surface area contributed by atoms with Crippen molar-refractivity contribution in [1.29, 1.82) is 0 Å². The summed E-state index contributed by atoms with van der Waals surface area (Å²) >= 11 is 3.55. The van der Waals surface area contributed by atoms with E-state index in [1.807, 2.05) is 24.3 Å². The van der Waals surface area contributed by atoms with E-state index >= 15 is 0 Å². The Hall–Kier alpha value is -0.200. The summed E-state index contributed by atoms with van der Waals surface area (Å²) < 4.78 is 37.8. The molecule has 0 aliphatic heterocycles. The van der Waals surface area contributed by atoms with Gasteiger partial charge >= 0.3 is 5.51 Å². The van der Waals surface area contributed by atoms with Crippen LogP contribution in [-0.2, 0) is 0 Å². The molecule has 21 heavy (non-hydrogen) atoms. The van der Waals surface area contributed by atoms with E-state index in [2.05, 4.69) is 35.1 Å². The zero-order valence-electron chi connectivity index (χ0n) is 12.2. The van der Waals surface area contributed by atoms with E-state index in [1.54, 1.807) is 0 Å². The van der Waals surface area contributed by atoms with Crippen LogP contribution in [0.5, 0.6) is 0 Å². The summed E-state index contributed by atoms with van der Waals surface area (Å²) in [6.07, 6.45) is 0.498. The van der Waals surface area contributed by atoms with Crippen molar-refractivity contribution < 1.29 is 13.2 Å². The summed E-state index contributed by atoms with van der Waals surface area (Å²) in [5.41, 5.74) is -3.08. The molecule has 6 heteroatoms. The minimum atomic E-state index is -4.15. The highest BCUT2D eigenvalue weighted by atomic mass is 79.9. The number of halogens is 4. The molecule has 0 radical (unpaired) electrons. The molecule has 0 aliphatic rings. The molecule has 0 fully saturated rings. The van der Waals surface area contributed by atoms with Gasteiger partial charge in [0.1, 0.15) is 0 Å². The predicted octanol–water partition coefficient (Wildman–Crippen LogP) is 5.42. The van der Waals surface area contributed by atoms with Gasteiger partial charge < -0.3 is 5.32 Å². The smallest absolute Gasteiger partial charge is 0.316 e. The van der Waals surface area contributed by atoms with Gasteiger partial charge in [-0.05, 0) is 36.4 Å². The average molecular weight is 384 g/mol. The molecule has 1 aromatic carbocycles. The Morgan fingerprint density at radius 2 is 1.86 bits per heavy atom. The SMILES string of the molecule is CC(C)CNCC(CCSC(F)(F)F)c1ccccc1Br. The second-order valence-corrected chi connectivity index (χ2v) is 7.37. The van der Waals surface area contributed by atoms with Gasteiger partial charge in [0.05, 0.1) is 0 Å². The van der Waals surface area contributed by atoms with Crippen molar-refractivity contribution in [3.8, 4) is 0 Å². The van der Waals surface area contributed by atoms with E-state index in [-0.39, 0.29) is 23.4 Å². The molecule has 1 aromatic rings. The molecule has 0 aliphatic carbocycles. The molecular weight excluding hydrogens is 363 g/mol. The van der Waals surface area contributed by atoms with Crippen molar-refractivity contribution in [2.24, 2.45) is 5.92 Å². The van der Waals surface area contributed by atoms with Crippen LogP contribution in [0.4, 0.5) is 13.2 Å². The fraction of sp³-hybridized carbons (Fsp3) is 0.600. The molecule has 0 aromatic heterocycles. The second kappa shape index (κ2) is 9.06. The number of rotatable bonds is 8. The summed E-state index contributed by atoms with van der Waals surface area (Å²) in [6.45, 7) is 5.78. The highest BCUT2D eigenvalue weighted by Gasteiger charge is 2.28. The topological polar surface area (TPSA) is 12.0 Å². The molecule has 0 amide bonds. The van der Waals surface area contributed by atoms with E-state index in [1.165, 1.54) is 0 Å². The summed E-state index contributed by atoms with van der Waals surface area (Å²) in [5, 5.41) is 3.35. The highest BCUT2D eigenvalue weighted by Crippen LogP contribution is 2.34.